The van der Waals surface area contributed by atoms with Crippen molar-refractivity contribution < 1.29 is 4.74 Å². The van der Waals surface area contributed by atoms with Gasteiger partial charge in [0.25, 0.3) is 0 Å². The highest BCUT2D eigenvalue weighted by molar-refractivity contribution is 6.30. The van der Waals surface area contributed by atoms with E-state index in [4.69, 9.17) is 16.3 Å². The Hall–Kier alpha value is -3.01. The first-order valence-corrected chi connectivity index (χ1v) is 11.1. The molecule has 4 heteroatoms. The molecule has 0 amide bonds. The van der Waals surface area contributed by atoms with Crippen LogP contribution >= 0.6 is 11.6 Å². The smallest absolute Gasteiger partial charge is 0.127 e. The van der Waals surface area contributed by atoms with E-state index in [1.54, 1.807) is 0 Å². The molecule has 0 radical (unpaired) electrons. The summed E-state index contributed by atoms with van der Waals surface area (Å²) in [7, 11) is 0. The van der Waals surface area contributed by atoms with Crippen molar-refractivity contribution in [3.63, 3.8) is 0 Å². The van der Waals surface area contributed by atoms with Gasteiger partial charge in [-0.3, -0.25) is 4.90 Å². The van der Waals surface area contributed by atoms with Crippen LogP contribution in [0.2, 0.25) is 5.02 Å². The van der Waals surface area contributed by atoms with Crippen LogP contribution in [0.15, 0.2) is 97.2 Å². The molecule has 1 aliphatic heterocycles. The molecule has 5 rings (SSSR count). The van der Waals surface area contributed by atoms with Crippen LogP contribution in [-0.2, 0) is 13.1 Å². The number of hydrogen-bond acceptors (Lipinski definition) is 2. The molecule has 0 saturated heterocycles. The molecule has 0 aliphatic carbocycles. The Morgan fingerprint density at radius 2 is 1.65 bits per heavy atom. The average Bonchev–Trinajstić information content (AvgIpc) is 3.16. The summed E-state index contributed by atoms with van der Waals surface area (Å²) < 4.78 is 8.52. The van der Waals surface area contributed by atoms with Crippen molar-refractivity contribution in [3.8, 4) is 11.5 Å². The van der Waals surface area contributed by atoms with Crippen molar-refractivity contribution in [2.75, 3.05) is 6.54 Å². The summed E-state index contributed by atoms with van der Waals surface area (Å²) in [6.07, 6.45) is 3.30. The van der Waals surface area contributed by atoms with Gasteiger partial charge >= 0.3 is 0 Å². The lowest BCUT2D eigenvalue weighted by Crippen LogP contribution is -2.29. The third-order valence-corrected chi connectivity index (χ3v) is 6.02. The SMILES string of the molecule is Clc1cccc(CN2CCCn3cccc3[C@@H]2c2cccc(Oc3ccccc3)c2)c1. The van der Waals surface area contributed by atoms with Crippen LogP contribution in [0.1, 0.15) is 29.3 Å². The number of aryl methyl sites for hydroxylation is 1. The van der Waals surface area contributed by atoms with Crippen LogP contribution in [0.3, 0.4) is 0 Å². The average molecular weight is 429 g/mol. The highest BCUT2D eigenvalue weighted by atomic mass is 35.5. The van der Waals surface area contributed by atoms with Gasteiger partial charge in [-0.25, -0.2) is 0 Å². The second-order valence-electron chi connectivity index (χ2n) is 7.97. The Morgan fingerprint density at radius 1 is 0.806 bits per heavy atom. The molecule has 0 spiro atoms. The number of aromatic nitrogens is 1. The fourth-order valence-electron chi connectivity index (χ4n) is 4.43. The number of nitrogens with zero attached hydrogens (tertiary/aromatic N) is 2. The lowest BCUT2D eigenvalue weighted by Gasteiger charge is -2.31. The molecule has 3 aromatic carbocycles. The van der Waals surface area contributed by atoms with E-state index in [1.165, 1.54) is 16.8 Å². The molecule has 3 nitrogen and oxygen atoms in total. The number of hydrogen-bond donors (Lipinski definition) is 0. The standard InChI is InChI=1S/C27H25ClN2O/c28-23-10-4-8-21(18-23)20-30-17-7-16-29-15-6-14-26(29)27(30)22-9-5-13-25(19-22)31-24-11-2-1-3-12-24/h1-6,8-15,18-19,27H,7,16-17,20H2/t27-/m0/s1. The Bertz CT molecular complexity index is 1150. The summed E-state index contributed by atoms with van der Waals surface area (Å²) in [5.74, 6) is 1.70. The van der Waals surface area contributed by atoms with Crippen molar-refractivity contribution in [2.24, 2.45) is 0 Å². The van der Waals surface area contributed by atoms with Gasteiger partial charge in [-0.1, -0.05) is 54.1 Å². The zero-order valence-corrected chi connectivity index (χ0v) is 18.1. The number of halogens is 1. The number of fused-ring (bicyclic) bond motifs is 1. The molecule has 0 N–H and O–H groups in total. The van der Waals surface area contributed by atoms with Crippen LogP contribution in [0.25, 0.3) is 0 Å². The first kappa shape index (κ1) is 19.9. The molecule has 1 atom stereocenters. The van der Waals surface area contributed by atoms with Crippen LogP contribution in [-0.4, -0.2) is 16.0 Å². The largest absolute Gasteiger partial charge is 0.457 e. The van der Waals surface area contributed by atoms with Crippen molar-refractivity contribution in [1.82, 2.24) is 9.47 Å². The summed E-state index contributed by atoms with van der Waals surface area (Å²) in [5.41, 5.74) is 3.78. The molecular formula is C27H25ClN2O. The third-order valence-electron chi connectivity index (χ3n) is 5.78. The maximum absolute atomic E-state index is 6.27. The summed E-state index contributed by atoms with van der Waals surface area (Å²) in [5, 5.41) is 0.783. The lowest BCUT2D eigenvalue weighted by molar-refractivity contribution is 0.220. The van der Waals surface area contributed by atoms with Crippen LogP contribution in [0.4, 0.5) is 0 Å². The fourth-order valence-corrected chi connectivity index (χ4v) is 4.65. The second-order valence-corrected chi connectivity index (χ2v) is 8.41. The fraction of sp³-hybridized carbons (Fsp3) is 0.185. The minimum absolute atomic E-state index is 0.149. The minimum Gasteiger partial charge on any atom is -0.457 e. The third kappa shape index (κ3) is 4.53. The molecule has 0 fully saturated rings. The van der Waals surface area contributed by atoms with Crippen LogP contribution in [0, 0.1) is 0 Å². The normalized spacial score (nSPS) is 16.5. The van der Waals surface area contributed by atoms with Gasteiger partial charge in [0.05, 0.1) is 6.04 Å². The van der Waals surface area contributed by atoms with Gasteiger partial charge in [-0.05, 0) is 66.1 Å². The van der Waals surface area contributed by atoms with Crippen molar-refractivity contribution in [2.45, 2.75) is 25.6 Å². The van der Waals surface area contributed by atoms with E-state index in [9.17, 15) is 0 Å². The van der Waals surface area contributed by atoms with Crippen molar-refractivity contribution in [1.29, 1.82) is 0 Å². The monoisotopic (exact) mass is 428 g/mol. The van der Waals surface area contributed by atoms with E-state index < -0.39 is 0 Å². The first-order valence-electron chi connectivity index (χ1n) is 10.7. The van der Waals surface area contributed by atoms with Crippen molar-refractivity contribution >= 4 is 11.6 Å². The molecule has 2 heterocycles. The van der Waals surface area contributed by atoms with E-state index in [0.29, 0.717) is 0 Å². The topological polar surface area (TPSA) is 17.4 Å². The van der Waals surface area contributed by atoms with Crippen LogP contribution < -0.4 is 4.74 Å². The first-order chi connectivity index (χ1) is 15.3. The predicted octanol–water partition coefficient (Wildman–Crippen LogP) is 6.93. The highest BCUT2D eigenvalue weighted by Crippen LogP contribution is 2.35. The van der Waals surface area contributed by atoms with E-state index in [0.717, 1.165) is 42.6 Å². The summed E-state index contributed by atoms with van der Waals surface area (Å²) in [6.45, 7) is 2.90. The molecule has 1 aliphatic rings. The number of para-hydroxylation sites is 1. The van der Waals surface area contributed by atoms with Gasteiger partial charge in [-0.15, -0.1) is 0 Å². The van der Waals surface area contributed by atoms with Gasteiger partial charge < -0.3 is 9.30 Å². The lowest BCUT2D eigenvalue weighted by atomic mass is 10.0. The number of ether oxygens (including phenoxy) is 1. The molecule has 1 aromatic heterocycles. The Morgan fingerprint density at radius 3 is 2.52 bits per heavy atom. The molecular weight excluding hydrogens is 404 g/mol. The Balaban J connectivity index is 1.51. The summed E-state index contributed by atoms with van der Waals surface area (Å²) in [6, 6.07) is 31.1. The van der Waals surface area contributed by atoms with E-state index in [2.05, 4.69) is 58.1 Å². The molecule has 31 heavy (non-hydrogen) atoms. The molecule has 0 saturated carbocycles. The number of rotatable bonds is 5. The Kier molecular flexibility index (Phi) is 5.79. The summed E-state index contributed by atoms with van der Waals surface area (Å²) in [4.78, 5) is 2.55. The van der Waals surface area contributed by atoms with Gasteiger partial charge in [0.15, 0.2) is 0 Å². The van der Waals surface area contributed by atoms with Gasteiger partial charge in [0.1, 0.15) is 11.5 Å². The van der Waals surface area contributed by atoms with Crippen molar-refractivity contribution in [3.05, 3.63) is 119 Å². The maximum atomic E-state index is 6.27. The number of benzene rings is 3. The minimum atomic E-state index is 0.149. The zero-order chi connectivity index (χ0) is 21.0. The van der Waals surface area contributed by atoms with E-state index >= 15 is 0 Å². The van der Waals surface area contributed by atoms with E-state index in [-0.39, 0.29) is 6.04 Å². The highest BCUT2D eigenvalue weighted by Gasteiger charge is 2.27. The Labute approximate surface area is 188 Å². The maximum Gasteiger partial charge on any atom is 0.127 e. The molecule has 0 bridgehead atoms. The molecule has 0 unspecified atom stereocenters. The van der Waals surface area contributed by atoms with E-state index in [1.807, 2.05) is 48.5 Å². The molecule has 156 valence electrons. The molecule has 4 aromatic rings. The van der Waals surface area contributed by atoms with Crippen LogP contribution in [0.5, 0.6) is 11.5 Å². The zero-order valence-electron chi connectivity index (χ0n) is 17.3. The van der Waals surface area contributed by atoms with Gasteiger partial charge in [0, 0.05) is 36.5 Å². The predicted molar refractivity (Wildman–Crippen MR) is 126 cm³/mol. The van der Waals surface area contributed by atoms with Gasteiger partial charge in [0.2, 0.25) is 0 Å². The second kappa shape index (κ2) is 9.01. The quantitative estimate of drug-likeness (QED) is 0.343. The summed E-state index contributed by atoms with van der Waals surface area (Å²) >= 11 is 6.27. The van der Waals surface area contributed by atoms with Gasteiger partial charge in [-0.2, -0.15) is 0 Å².